The summed E-state index contributed by atoms with van der Waals surface area (Å²) in [5.74, 6) is 0. The van der Waals surface area contributed by atoms with Gasteiger partial charge in [0.2, 0.25) is 0 Å². The van der Waals surface area contributed by atoms with Crippen LogP contribution < -0.4 is 0 Å². The Morgan fingerprint density at radius 1 is 0.765 bits per heavy atom. The Balaban J connectivity index is -0.000000218. The van der Waals surface area contributed by atoms with E-state index in [1.165, 1.54) is 0 Å². The zero-order valence-corrected chi connectivity index (χ0v) is 19.8. The fourth-order valence-corrected chi connectivity index (χ4v) is 2.00. The van der Waals surface area contributed by atoms with Crippen molar-refractivity contribution in [2.75, 3.05) is 26.2 Å². The molecule has 0 rings (SSSR count). The predicted molar refractivity (Wildman–Crippen MR) is 94.3 cm³/mol. The molecule has 0 fully saturated rings. The molecular formula is C10H22N2PbS4. The molecule has 0 aliphatic rings. The van der Waals surface area contributed by atoms with Crippen molar-refractivity contribution in [2.24, 2.45) is 0 Å². The Morgan fingerprint density at radius 2 is 0.941 bits per heavy atom. The molecule has 0 heterocycles. The number of hydrogen-bond acceptors (Lipinski definition) is 4. The summed E-state index contributed by atoms with van der Waals surface area (Å²) in [5, 5.41) is 0. The number of hydrogen-bond donors (Lipinski definition) is 0. The molecule has 100 valence electrons. The monoisotopic (exact) mass is 506 g/mol. The summed E-state index contributed by atoms with van der Waals surface area (Å²) in [7, 11) is 0. The molecule has 0 atom stereocenters. The van der Waals surface area contributed by atoms with Gasteiger partial charge in [0, 0.05) is 26.2 Å². The van der Waals surface area contributed by atoms with Crippen LogP contribution in [0.25, 0.3) is 0 Å². The average molecular weight is 506 g/mol. The van der Waals surface area contributed by atoms with Crippen LogP contribution >= 0.6 is 24.4 Å². The number of thiocarbonyl (C=S) groups is 2. The molecule has 17 heavy (non-hydrogen) atoms. The van der Waals surface area contributed by atoms with E-state index in [0.29, 0.717) is 8.64 Å². The van der Waals surface area contributed by atoms with Crippen LogP contribution in [0.15, 0.2) is 0 Å². The van der Waals surface area contributed by atoms with Crippen LogP contribution in [-0.2, 0) is 25.3 Å². The molecule has 0 spiro atoms. The predicted octanol–water partition coefficient (Wildman–Crippen LogP) is 1.40. The first-order valence-corrected chi connectivity index (χ1v) is 6.99. The molecule has 0 aromatic rings. The van der Waals surface area contributed by atoms with Gasteiger partial charge in [-0.2, -0.15) is 0 Å². The van der Waals surface area contributed by atoms with Crippen LogP contribution in [0.4, 0.5) is 0 Å². The first-order valence-electron chi connectivity index (χ1n) is 5.36. The Bertz CT molecular complexity index is 184. The molecule has 0 aromatic carbocycles. The third-order valence-corrected chi connectivity index (χ3v) is 3.08. The van der Waals surface area contributed by atoms with E-state index in [0.717, 1.165) is 26.2 Å². The summed E-state index contributed by atoms with van der Waals surface area (Å²) >= 11 is 19.0. The average Bonchev–Trinajstić information content (AvgIpc) is 2.21. The van der Waals surface area contributed by atoms with Crippen molar-refractivity contribution < 1.29 is 0 Å². The molecule has 0 aromatic heterocycles. The summed E-state index contributed by atoms with van der Waals surface area (Å²) in [6, 6.07) is 0. The van der Waals surface area contributed by atoms with E-state index in [4.69, 9.17) is 49.7 Å². The van der Waals surface area contributed by atoms with Gasteiger partial charge in [0.25, 0.3) is 0 Å². The zero-order chi connectivity index (χ0) is 13.1. The van der Waals surface area contributed by atoms with Gasteiger partial charge in [0.05, 0.1) is 0 Å². The van der Waals surface area contributed by atoms with Crippen molar-refractivity contribution in [1.29, 1.82) is 0 Å². The van der Waals surface area contributed by atoms with Crippen LogP contribution in [0.1, 0.15) is 27.7 Å². The molecule has 0 aliphatic carbocycles. The second-order valence-electron chi connectivity index (χ2n) is 2.88. The van der Waals surface area contributed by atoms with Crippen molar-refractivity contribution >= 4 is 85.6 Å². The van der Waals surface area contributed by atoms with Gasteiger partial charge in [-0.25, -0.2) is 0 Å². The zero-order valence-electron chi connectivity index (χ0n) is 11.1. The van der Waals surface area contributed by atoms with E-state index in [2.05, 4.69) is 0 Å². The molecule has 0 unspecified atom stereocenters. The van der Waals surface area contributed by atoms with Gasteiger partial charge in [0.15, 0.2) is 0 Å². The Kier molecular flexibility index (Phi) is 20.8. The topological polar surface area (TPSA) is 6.48 Å². The molecule has 2 nitrogen and oxygen atoms in total. The number of rotatable bonds is 4. The van der Waals surface area contributed by atoms with Gasteiger partial charge in [0.1, 0.15) is 0 Å². The van der Waals surface area contributed by atoms with Crippen molar-refractivity contribution in [2.45, 2.75) is 27.7 Å². The van der Waals surface area contributed by atoms with Gasteiger partial charge in [-0.3, -0.25) is 0 Å². The first-order chi connectivity index (χ1) is 7.44. The Labute approximate surface area is 148 Å². The van der Waals surface area contributed by atoms with Crippen LogP contribution in [0.3, 0.4) is 0 Å². The molecular weight excluding hydrogens is 484 g/mol. The molecule has 0 radical (unpaired) electrons. The standard InChI is InChI=1S/2C5H11NS2.Pb.2H/c2*1-3-6(4-2)5(7)8;;;/h2*3-4H2,1-2H3,(H,7,8);;;/q;;+2;;/p-2. The van der Waals surface area contributed by atoms with Gasteiger partial charge in [-0.1, -0.05) is 8.64 Å². The van der Waals surface area contributed by atoms with Crippen LogP contribution in [0.5, 0.6) is 0 Å². The van der Waals surface area contributed by atoms with Crippen molar-refractivity contribution in [3.05, 3.63) is 0 Å². The summed E-state index contributed by atoms with van der Waals surface area (Å²) in [5.41, 5.74) is 0. The Hall–Kier alpha value is 1.14. The van der Waals surface area contributed by atoms with Crippen LogP contribution in [-0.4, -0.2) is 71.9 Å². The SMILES string of the molecule is CCN(CC)C(=S)[S-].CCN(CC)C(=S)[S-].[PbH2+2]. The number of nitrogens with zero attached hydrogens (tertiary/aromatic N) is 2. The second-order valence-corrected chi connectivity index (χ2v) is 4.94. The molecule has 0 saturated heterocycles. The maximum atomic E-state index is 4.76. The molecule has 0 amide bonds. The molecule has 0 saturated carbocycles. The molecule has 0 bridgehead atoms. The second kappa shape index (κ2) is 15.2. The maximum absolute atomic E-state index is 4.76. The van der Waals surface area contributed by atoms with Gasteiger partial charge in [-0.15, -0.1) is 0 Å². The van der Waals surface area contributed by atoms with E-state index >= 15 is 0 Å². The molecule has 0 aliphatic heterocycles. The van der Waals surface area contributed by atoms with Gasteiger partial charge < -0.3 is 59.5 Å². The van der Waals surface area contributed by atoms with E-state index < -0.39 is 0 Å². The summed E-state index contributed by atoms with van der Waals surface area (Å²) in [6.07, 6.45) is 0. The summed E-state index contributed by atoms with van der Waals surface area (Å²) < 4.78 is 1.16. The van der Waals surface area contributed by atoms with Gasteiger partial charge in [-0.05, 0) is 27.7 Å². The van der Waals surface area contributed by atoms with Crippen LogP contribution in [0.2, 0.25) is 0 Å². The Morgan fingerprint density at radius 3 is 0.941 bits per heavy atom. The summed E-state index contributed by atoms with van der Waals surface area (Å²) in [4.78, 5) is 3.93. The van der Waals surface area contributed by atoms with E-state index in [1.54, 1.807) is 0 Å². The van der Waals surface area contributed by atoms with E-state index in [9.17, 15) is 0 Å². The first kappa shape index (κ1) is 23.3. The van der Waals surface area contributed by atoms with Crippen molar-refractivity contribution in [1.82, 2.24) is 9.80 Å². The third kappa shape index (κ3) is 13.4. The van der Waals surface area contributed by atoms with E-state index in [-0.39, 0.29) is 27.3 Å². The minimum atomic E-state index is 0. The fourth-order valence-electron chi connectivity index (χ4n) is 0.964. The van der Waals surface area contributed by atoms with E-state index in [1.807, 2.05) is 37.5 Å². The fraction of sp³-hybridized carbons (Fsp3) is 0.800. The third-order valence-electron chi connectivity index (χ3n) is 2.04. The van der Waals surface area contributed by atoms with Crippen molar-refractivity contribution in [3.8, 4) is 0 Å². The van der Waals surface area contributed by atoms with Crippen LogP contribution in [0, 0.1) is 0 Å². The molecule has 0 N–H and O–H groups in total. The van der Waals surface area contributed by atoms with Crippen molar-refractivity contribution in [3.63, 3.8) is 0 Å². The molecule has 7 heteroatoms. The summed E-state index contributed by atoms with van der Waals surface area (Å²) in [6.45, 7) is 11.9. The van der Waals surface area contributed by atoms with Gasteiger partial charge >= 0.3 is 27.3 Å². The normalized spacial score (nSPS) is 8.24. The quantitative estimate of drug-likeness (QED) is 0.322. The minimum absolute atomic E-state index is 0.